The first kappa shape index (κ1) is 14.0. The van der Waals surface area contributed by atoms with Gasteiger partial charge in [-0.3, -0.25) is 0 Å². The van der Waals surface area contributed by atoms with Gasteiger partial charge in [-0.05, 0) is 13.8 Å². The van der Waals surface area contributed by atoms with Gasteiger partial charge in [0.25, 0.3) is 0 Å². The molecule has 0 amide bonds. The lowest BCUT2D eigenvalue weighted by Gasteiger charge is -2.16. The van der Waals surface area contributed by atoms with Crippen molar-refractivity contribution < 1.29 is 29.2 Å². The van der Waals surface area contributed by atoms with Crippen molar-refractivity contribution in [3.05, 3.63) is 11.6 Å². The molecule has 0 aliphatic rings. The number of phenols is 1. The minimum absolute atomic E-state index is 0.0247. The minimum Gasteiger partial charge on any atom is -0.504 e. The molecule has 0 unspecified atom stereocenters. The van der Waals surface area contributed by atoms with Gasteiger partial charge in [0.1, 0.15) is 5.56 Å². The second-order valence-corrected chi connectivity index (χ2v) is 3.30. The van der Waals surface area contributed by atoms with E-state index in [1.165, 1.54) is 13.2 Å². The van der Waals surface area contributed by atoms with Crippen LogP contribution in [0.15, 0.2) is 6.07 Å². The van der Waals surface area contributed by atoms with Crippen molar-refractivity contribution in [2.75, 3.05) is 20.3 Å². The smallest absolute Gasteiger partial charge is 0.339 e. The highest BCUT2D eigenvalue weighted by molar-refractivity contribution is 5.93. The van der Waals surface area contributed by atoms with Gasteiger partial charge in [0, 0.05) is 6.07 Å². The third kappa shape index (κ3) is 2.58. The molecule has 0 saturated heterocycles. The number of carboxylic acid groups (broad SMARTS) is 1. The molecule has 0 spiro atoms. The van der Waals surface area contributed by atoms with E-state index in [0.29, 0.717) is 6.61 Å². The van der Waals surface area contributed by atoms with E-state index in [0.717, 1.165) is 0 Å². The summed E-state index contributed by atoms with van der Waals surface area (Å²) in [5.74, 6) is -1.36. The summed E-state index contributed by atoms with van der Waals surface area (Å²) in [6, 6.07) is 1.21. The standard InChI is InChI=1S/C12H16O6/c1-4-17-8-6-7(12(14)15)9(13)11(18-5-2)10(8)16-3/h6,13H,4-5H2,1-3H3,(H,14,15). The SMILES string of the molecule is CCOc1cc(C(=O)O)c(O)c(OCC)c1OC. The van der Waals surface area contributed by atoms with Crippen molar-refractivity contribution in [3.63, 3.8) is 0 Å². The van der Waals surface area contributed by atoms with Gasteiger partial charge in [0.2, 0.25) is 11.5 Å². The Labute approximate surface area is 105 Å². The Balaban J connectivity index is 3.47. The van der Waals surface area contributed by atoms with Crippen LogP contribution in [0.5, 0.6) is 23.0 Å². The van der Waals surface area contributed by atoms with E-state index in [1.54, 1.807) is 13.8 Å². The summed E-state index contributed by atoms with van der Waals surface area (Å²) in [6.45, 7) is 4.07. The predicted molar refractivity (Wildman–Crippen MR) is 64.0 cm³/mol. The molecular weight excluding hydrogens is 240 g/mol. The van der Waals surface area contributed by atoms with E-state index in [1.807, 2.05) is 0 Å². The molecular formula is C12H16O6. The number of aromatic carboxylic acids is 1. The van der Waals surface area contributed by atoms with Crippen molar-refractivity contribution in [2.45, 2.75) is 13.8 Å². The topological polar surface area (TPSA) is 85.2 Å². The monoisotopic (exact) mass is 256 g/mol. The highest BCUT2D eigenvalue weighted by atomic mass is 16.5. The highest BCUT2D eigenvalue weighted by Crippen LogP contribution is 2.46. The van der Waals surface area contributed by atoms with E-state index < -0.39 is 11.7 Å². The van der Waals surface area contributed by atoms with E-state index >= 15 is 0 Å². The van der Waals surface area contributed by atoms with Crippen LogP contribution in [0.3, 0.4) is 0 Å². The van der Waals surface area contributed by atoms with E-state index in [2.05, 4.69) is 0 Å². The average molecular weight is 256 g/mol. The van der Waals surface area contributed by atoms with Gasteiger partial charge in [-0.15, -0.1) is 0 Å². The van der Waals surface area contributed by atoms with Gasteiger partial charge in [-0.25, -0.2) is 4.79 Å². The van der Waals surface area contributed by atoms with Gasteiger partial charge < -0.3 is 24.4 Å². The van der Waals surface area contributed by atoms with Crippen LogP contribution in [0.1, 0.15) is 24.2 Å². The second-order valence-electron chi connectivity index (χ2n) is 3.30. The Morgan fingerprint density at radius 3 is 2.28 bits per heavy atom. The number of hydrogen-bond donors (Lipinski definition) is 2. The molecule has 1 rings (SSSR count). The van der Waals surface area contributed by atoms with Crippen LogP contribution >= 0.6 is 0 Å². The lowest BCUT2D eigenvalue weighted by atomic mass is 10.1. The number of aromatic hydroxyl groups is 1. The Kier molecular flexibility index (Phi) is 4.65. The molecule has 2 N–H and O–H groups in total. The number of hydrogen-bond acceptors (Lipinski definition) is 5. The lowest BCUT2D eigenvalue weighted by molar-refractivity contribution is 0.0692. The summed E-state index contributed by atoms with van der Waals surface area (Å²) in [5, 5.41) is 18.9. The summed E-state index contributed by atoms with van der Waals surface area (Å²) in [5.41, 5.74) is -0.289. The maximum absolute atomic E-state index is 11.0. The van der Waals surface area contributed by atoms with Crippen LogP contribution in [0.2, 0.25) is 0 Å². The zero-order valence-electron chi connectivity index (χ0n) is 10.5. The van der Waals surface area contributed by atoms with Crippen molar-refractivity contribution in [2.24, 2.45) is 0 Å². The van der Waals surface area contributed by atoms with Crippen LogP contribution in [-0.4, -0.2) is 36.5 Å². The zero-order valence-corrected chi connectivity index (χ0v) is 10.5. The molecule has 0 bridgehead atoms. The number of carbonyl (C=O) groups is 1. The molecule has 18 heavy (non-hydrogen) atoms. The fourth-order valence-corrected chi connectivity index (χ4v) is 1.50. The van der Waals surface area contributed by atoms with Crippen molar-refractivity contribution in [1.29, 1.82) is 0 Å². The van der Waals surface area contributed by atoms with Crippen LogP contribution in [-0.2, 0) is 0 Å². The molecule has 1 aromatic carbocycles. The van der Waals surface area contributed by atoms with Gasteiger partial charge in [-0.2, -0.15) is 0 Å². The van der Waals surface area contributed by atoms with Crippen molar-refractivity contribution in [1.82, 2.24) is 0 Å². The molecule has 0 saturated carbocycles. The molecule has 0 atom stereocenters. The fourth-order valence-electron chi connectivity index (χ4n) is 1.50. The Morgan fingerprint density at radius 2 is 1.83 bits per heavy atom. The first-order valence-corrected chi connectivity index (χ1v) is 5.49. The fraction of sp³-hybridized carbons (Fsp3) is 0.417. The molecule has 0 aromatic heterocycles. The van der Waals surface area contributed by atoms with Crippen molar-refractivity contribution >= 4 is 5.97 Å². The predicted octanol–water partition coefficient (Wildman–Crippen LogP) is 1.90. The van der Waals surface area contributed by atoms with Gasteiger partial charge >= 0.3 is 5.97 Å². The van der Waals surface area contributed by atoms with Gasteiger partial charge in [-0.1, -0.05) is 0 Å². The van der Waals surface area contributed by atoms with Crippen LogP contribution in [0.4, 0.5) is 0 Å². The summed E-state index contributed by atoms with van der Waals surface area (Å²) in [6.07, 6.45) is 0. The van der Waals surface area contributed by atoms with E-state index in [-0.39, 0.29) is 29.4 Å². The minimum atomic E-state index is -1.27. The molecule has 100 valence electrons. The maximum atomic E-state index is 11.0. The number of benzene rings is 1. The normalized spacial score (nSPS) is 9.94. The molecule has 0 fully saturated rings. The second kappa shape index (κ2) is 6.00. The number of rotatable bonds is 6. The summed E-state index contributed by atoms with van der Waals surface area (Å²) in [7, 11) is 1.39. The zero-order chi connectivity index (χ0) is 13.7. The van der Waals surface area contributed by atoms with Crippen LogP contribution in [0, 0.1) is 0 Å². The van der Waals surface area contributed by atoms with Gasteiger partial charge in [0.05, 0.1) is 20.3 Å². The number of ether oxygens (including phenoxy) is 3. The average Bonchev–Trinajstić information content (AvgIpc) is 2.33. The molecule has 6 nitrogen and oxygen atoms in total. The summed E-state index contributed by atoms with van der Waals surface area (Å²) in [4.78, 5) is 11.0. The Bertz CT molecular complexity index is 441. The Morgan fingerprint density at radius 1 is 1.22 bits per heavy atom. The number of methoxy groups -OCH3 is 1. The largest absolute Gasteiger partial charge is 0.504 e. The molecule has 0 aliphatic heterocycles. The maximum Gasteiger partial charge on any atom is 0.339 e. The summed E-state index contributed by atoms with van der Waals surface area (Å²) >= 11 is 0. The molecule has 0 aliphatic carbocycles. The summed E-state index contributed by atoms with van der Waals surface area (Å²) < 4.78 is 15.6. The third-order valence-corrected chi connectivity index (χ3v) is 2.20. The van der Waals surface area contributed by atoms with Crippen LogP contribution in [0.25, 0.3) is 0 Å². The quantitative estimate of drug-likeness (QED) is 0.808. The lowest BCUT2D eigenvalue weighted by Crippen LogP contribution is -2.05. The molecule has 0 radical (unpaired) electrons. The van der Waals surface area contributed by atoms with Gasteiger partial charge in [0.15, 0.2) is 11.5 Å². The molecule has 1 aromatic rings. The first-order valence-electron chi connectivity index (χ1n) is 5.49. The third-order valence-electron chi connectivity index (χ3n) is 2.20. The van der Waals surface area contributed by atoms with Crippen molar-refractivity contribution in [3.8, 4) is 23.0 Å². The Hall–Kier alpha value is -2.11. The van der Waals surface area contributed by atoms with E-state index in [4.69, 9.17) is 19.3 Å². The first-order chi connectivity index (χ1) is 8.56. The van der Waals surface area contributed by atoms with E-state index in [9.17, 15) is 9.90 Å². The molecule has 6 heteroatoms. The highest BCUT2D eigenvalue weighted by Gasteiger charge is 2.24. The molecule has 0 heterocycles. The van der Waals surface area contributed by atoms with Crippen LogP contribution < -0.4 is 14.2 Å². The number of carboxylic acids is 1.